The van der Waals surface area contributed by atoms with E-state index in [0.717, 1.165) is 19.4 Å². The molecule has 80 valence electrons. The van der Waals surface area contributed by atoms with Crippen molar-refractivity contribution in [3.8, 4) is 0 Å². The zero-order valence-corrected chi connectivity index (χ0v) is 9.39. The lowest BCUT2D eigenvalue weighted by Gasteiger charge is -2.11. The van der Waals surface area contributed by atoms with Crippen molar-refractivity contribution in [3.05, 3.63) is 35.4 Å². The van der Waals surface area contributed by atoms with Crippen molar-refractivity contribution < 1.29 is 0 Å². The highest BCUT2D eigenvalue weighted by molar-refractivity contribution is 5.85. The van der Waals surface area contributed by atoms with Crippen molar-refractivity contribution >= 4 is 12.4 Å². The predicted molar refractivity (Wildman–Crippen MR) is 63.6 cm³/mol. The largest absolute Gasteiger partial charge is 0.330 e. The lowest BCUT2D eigenvalue weighted by molar-refractivity contribution is 0.618. The smallest absolute Gasteiger partial charge is 0.0295 e. The fourth-order valence-electron chi connectivity index (χ4n) is 1.32. The van der Waals surface area contributed by atoms with E-state index in [4.69, 9.17) is 11.5 Å². The third kappa shape index (κ3) is 4.09. The number of hydrogen-bond acceptors (Lipinski definition) is 2. The summed E-state index contributed by atoms with van der Waals surface area (Å²) in [6.07, 6.45) is 1.97. The molecule has 0 aliphatic heterocycles. The van der Waals surface area contributed by atoms with Gasteiger partial charge in [-0.25, -0.2) is 0 Å². The van der Waals surface area contributed by atoms with Crippen LogP contribution >= 0.6 is 12.4 Å². The van der Waals surface area contributed by atoms with Crippen LogP contribution in [-0.2, 0) is 0 Å². The molecule has 0 aliphatic rings. The quantitative estimate of drug-likeness (QED) is 0.807. The first kappa shape index (κ1) is 13.4. The monoisotopic (exact) mass is 214 g/mol. The Bertz CT molecular complexity index is 246. The standard InChI is InChI=1S/C11H18N2.ClH/c1-9-4-6-10(7-5-9)11(13)3-2-8-12;/h4-7,11H,2-3,8,12-13H2,1H3;1H/t11-;/m0./s1. The van der Waals surface area contributed by atoms with Crippen LogP contribution in [0.3, 0.4) is 0 Å². The molecule has 0 aliphatic carbocycles. The summed E-state index contributed by atoms with van der Waals surface area (Å²) in [6, 6.07) is 8.52. The van der Waals surface area contributed by atoms with Crippen molar-refractivity contribution in [1.82, 2.24) is 0 Å². The van der Waals surface area contributed by atoms with Gasteiger partial charge in [0.05, 0.1) is 0 Å². The second kappa shape index (κ2) is 6.82. The van der Waals surface area contributed by atoms with Gasteiger partial charge in [-0.1, -0.05) is 29.8 Å². The van der Waals surface area contributed by atoms with Crippen molar-refractivity contribution in [1.29, 1.82) is 0 Å². The molecule has 1 rings (SSSR count). The SMILES string of the molecule is Cc1ccc([C@@H](N)CCCN)cc1.Cl. The Morgan fingerprint density at radius 1 is 1.21 bits per heavy atom. The van der Waals surface area contributed by atoms with E-state index in [0.29, 0.717) is 0 Å². The third-order valence-corrected chi connectivity index (χ3v) is 2.22. The molecule has 0 fully saturated rings. The first-order chi connectivity index (χ1) is 6.24. The normalized spacial score (nSPS) is 11.9. The molecule has 0 saturated heterocycles. The fourth-order valence-corrected chi connectivity index (χ4v) is 1.32. The van der Waals surface area contributed by atoms with Gasteiger partial charge in [-0.05, 0) is 31.9 Å². The van der Waals surface area contributed by atoms with Gasteiger partial charge in [-0.3, -0.25) is 0 Å². The molecule has 1 aromatic rings. The summed E-state index contributed by atoms with van der Waals surface area (Å²) in [7, 11) is 0. The molecule has 1 atom stereocenters. The van der Waals surface area contributed by atoms with Gasteiger partial charge in [-0.15, -0.1) is 12.4 Å². The molecular formula is C11H19ClN2. The van der Waals surface area contributed by atoms with Crippen LogP contribution < -0.4 is 11.5 Å². The summed E-state index contributed by atoms with van der Waals surface area (Å²) >= 11 is 0. The second-order valence-electron chi connectivity index (χ2n) is 3.45. The molecule has 0 saturated carbocycles. The van der Waals surface area contributed by atoms with E-state index in [1.54, 1.807) is 0 Å². The maximum atomic E-state index is 5.98. The maximum absolute atomic E-state index is 5.98. The van der Waals surface area contributed by atoms with E-state index < -0.39 is 0 Å². The molecule has 0 aromatic heterocycles. The molecular weight excluding hydrogens is 196 g/mol. The molecule has 0 spiro atoms. The highest BCUT2D eigenvalue weighted by Gasteiger charge is 2.03. The van der Waals surface area contributed by atoms with Crippen LogP contribution in [0.5, 0.6) is 0 Å². The van der Waals surface area contributed by atoms with Gasteiger partial charge in [0.25, 0.3) is 0 Å². The van der Waals surface area contributed by atoms with E-state index in [9.17, 15) is 0 Å². The number of benzene rings is 1. The lowest BCUT2D eigenvalue weighted by Crippen LogP contribution is -2.12. The van der Waals surface area contributed by atoms with Gasteiger partial charge in [0.2, 0.25) is 0 Å². The summed E-state index contributed by atoms with van der Waals surface area (Å²) in [5.74, 6) is 0. The Kier molecular flexibility index (Phi) is 6.54. The summed E-state index contributed by atoms with van der Waals surface area (Å²) in [5.41, 5.74) is 13.9. The van der Waals surface area contributed by atoms with Crippen LogP contribution in [0.2, 0.25) is 0 Å². The van der Waals surface area contributed by atoms with Crippen LogP contribution in [0.25, 0.3) is 0 Å². The van der Waals surface area contributed by atoms with Crippen LogP contribution in [-0.4, -0.2) is 6.54 Å². The molecule has 4 N–H and O–H groups in total. The molecule has 2 nitrogen and oxygen atoms in total. The maximum Gasteiger partial charge on any atom is 0.0295 e. The van der Waals surface area contributed by atoms with Crippen LogP contribution in [0, 0.1) is 6.92 Å². The molecule has 0 bridgehead atoms. The van der Waals surface area contributed by atoms with E-state index in [1.807, 2.05) is 0 Å². The zero-order valence-electron chi connectivity index (χ0n) is 8.57. The van der Waals surface area contributed by atoms with E-state index in [-0.39, 0.29) is 18.4 Å². The van der Waals surface area contributed by atoms with Gasteiger partial charge in [0, 0.05) is 6.04 Å². The lowest BCUT2D eigenvalue weighted by atomic mass is 10.0. The van der Waals surface area contributed by atoms with E-state index >= 15 is 0 Å². The van der Waals surface area contributed by atoms with Crippen LogP contribution in [0.4, 0.5) is 0 Å². The minimum atomic E-state index is 0. The Hall–Kier alpha value is -0.570. The Labute approximate surface area is 92.1 Å². The predicted octanol–water partition coefficient (Wildman–Crippen LogP) is 2.16. The van der Waals surface area contributed by atoms with Gasteiger partial charge >= 0.3 is 0 Å². The summed E-state index contributed by atoms with van der Waals surface area (Å²) in [6.45, 7) is 2.80. The van der Waals surface area contributed by atoms with E-state index in [2.05, 4.69) is 31.2 Å². The Balaban J connectivity index is 0.00000169. The van der Waals surface area contributed by atoms with Crippen molar-refractivity contribution in [2.45, 2.75) is 25.8 Å². The number of rotatable bonds is 4. The number of halogens is 1. The average molecular weight is 215 g/mol. The molecule has 0 radical (unpaired) electrons. The fraction of sp³-hybridized carbons (Fsp3) is 0.455. The number of nitrogens with two attached hydrogens (primary N) is 2. The minimum Gasteiger partial charge on any atom is -0.330 e. The number of hydrogen-bond donors (Lipinski definition) is 2. The molecule has 0 heterocycles. The zero-order chi connectivity index (χ0) is 9.68. The molecule has 0 unspecified atom stereocenters. The molecule has 0 amide bonds. The van der Waals surface area contributed by atoms with Gasteiger partial charge in [-0.2, -0.15) is 0 Å². The topological polar surface area (TPSA) is 52.0 Å². The average Bonchev–Trinajstić information content (AvgIpc) is 2.15. The Morgan fingerprint density at radius 3 is 2.29 bits per heavy atom. The molecule has 3 heteroatoms. The summed E-state index contributed by atoms with van der Waals surface area (Å²) in [5, 5.41) is 0. The Morgan fingerprint density at radius 2 is 1.79 bits per heavy atom. The van der Waals surface area contributed by atoms with Gasteiger partial charge < -0.3 is 11.5 Å². The highest BCUT2D eigenvalue weighted by atomic mass is 35.5. The molecule has 1 aromatic carbocycles. The molecule has 14 heavy (non-hydrogen) atoms. The highest BCUT2D eigenvalue weighted by Crippen LogP contribution is 2.15. The van der Waals surface area contributed by atoms with Crippen molar-refractivity contribution in [2.24, 2.45) is 11.5 Å². The van der Waals surface area contributed by atoms with E-state index in [1.165, 1.54) is 11.1 Å². The van der Waals surface area contributed by atoms with Gasteiger partial charge in [0.15, 0.2) is 0 Å². The summed E-state index contributed by atoms with van der Waals surface area (Å²) < 4.78 is 0. The number of aryl methyl sites for hydroxylation is 1. The summed E-state index contributed by atoms with van der Waals surface area (Å²) in [4.78, 5) is 0. The first-order valence-electron chi connectivity index (χ1n) is 4.76. The second-order valence-corrected chi connectivity index (χ2v) is 3.45. The van der Waals surface area contributed by atoms with Crippen LogP contribution in [0.1, 0.15) is 30.0 Å². The minimum absolute atomic E-state index is 0. The van der Waals surface area contributed by atoms with Gasteiger partial charge in [0.1, 0.15) is 0 Å². The first-order valence-corrected chi connectivity index (χ1v) is 4.76. The van der Waals surface area contributed by atoms with Crippen molar-refractivity contribution in [3.63, 3.8) is 0 Å². The van der Waals surface area contributed by atoms with Crippen molar-refractivity contribution in [2.75, 3.05) is 6.54 Å². The van der Waals surface area contributed by atoms with Crippen LogP contribution in [0.15, 0.2) is 24.3 Å². The third-order valence-electron chi connectivity index (χ3n) is 2.22.